The van der Waals surface area contributed by atoms with Gasteiger partial charge in [-0.3, -0.25) is 9.89 Å². The number of fused-ring (bicyclic) bond motifs is 1. The fraction of sp³-hybridized carbons (Fsp3) is 0.529. The molecular weight excluding hydrogens is 290 g/mol. The molecule has 0 saturated carbocycles. The summed E-state index contributed by atoms with van der Waals surface area (Å²) in [5, 5.41) is 14.6. The lowest BCUT2D eigenvalue weighted by Gasteiger charge is -2.22. The van der Waals surface area contributed by atoms with E-state index >= 15 is 0 Å². The molecule has 0 atom stereocenters. The highest BCUT2D eigenvalue weighted by Crippen LogP contribution is 2.27. The topological polar surface area (TPSA) is 73.0 Å². The minimum absolute atomic E-state index is 0.0770. The number of anilines is 2. The molecule has 1 aliphatic rings. The third-order valence-electron chi connectivity index (χ3n) is 4.63. The van der Waals surface area contributed by atoms with Crippen LogP contribution in [0.25, 0.3) is 10.9 Å². The maximum atomic E-state index is 12.4. The van der Waals surface area contributed by atoms with Gasteiger partial charge in [-0.15, -0.1) is 0 Å². The van der Waals surface area contributed by atoms with Crippen LogP contribution in [0.5, 0.6) is 0 Å². The van der Waals surface area contributed by atoms with Crippen molar-refractivity contribution in [1.82, 2.24) is 15.5 Å². The minimum Gasteiger partial charge on any atom is -0.372 e. The second kappa shape index (κ2) is 7.00. The molecule has 3 N–H and O–H groups in total. The van der Waals surface area contributed by atoms with Gasteiger partial charge in [-0.25, -0.2) is 0 Å². The molecule has 124 valence electrons. The predicted octanol–water partition coefficient (Wildman–Crippen LogP) is 2.35. The van der Waals surface area contributed by atoms with E-state index in [0.29, 0.717) is 5.82 Å². The molecule has 1 saturated heterocycles. The number of aromatic nitrogens is 2. The lowest BCUT2D eigenvalue weighted by molar-refractivity contribution is -0.120. The Balaban J connectivity index is 1.82. The number of nitrogens with one attached hydrogen (secondary N) is 3. The molecule has 6 nitrogen and oxygen atoms in total. The smallest absolute Gasteiger partial charge is 0.228 e. The average Bonchev–Trinajstić information content (AvgIpc) is 2.99. The van der Waals surface area contributed by atoms with E-state index in [1.807, 2.05) is 6.07 Å². The number of aromatic amines is 1. The Bertz CT molecular complexity index is 671. The van der Waals surface area contributed by atoms with Crippen LogP contribution in [0.3, 0.4) is 0 Å². The maximum Gasteiger partial charge on any atom is 0.228 e. The van der Waals surface area contributed by atoms with Gasteiger partial charge >= 0.3 is 0 Å². The molecule has 0 spiro atoms. The zero-order chi connectivity index (χ0) is 16.2. The van der Waals surface area contributed by atoms with Crippen LogP contribution in [-0.4, -0.2) is 42.3 Å². The van der Waals surface area contributed by atoms with Crippen molar-refractivity contribution in [3.8, 4) is 0 Å². The van der Waals surface area contributed by atoms with E-state index in [-0.39, 0.29) is 11.8 Å². The molecule has 0 radical (unpaired) electrons. The Labute approximate surface area is 136 Å². The van der Waals surface area contributed by atoms with Crippen LogP contribution in [0.2, 0.25) is 0 Å². The van der Waals surface area contributed by atoms with Crippen molar-refractivity contribution in [1.29, 1.82) is 0 Å². The number of rotatable bonds is 5. The molecule has 1 fully saturated rings. The SMILES string of the molecule is CCN(CC)c1ccc2[nH]nc(NC(=O)C3CCNCC3)c2c1. The number of amides is 1. The maximum absolute atomic E-state index is 12.4. The monoisotopic (exact) mass is 315 g/mol. The second-order valence-corrected chi connectivity index (χ2v) is 5.99. The minimum atomic E-state index is 0.0770. The van der Waals surface area contributed by atoms with Gasteiger partial charge in [-0.05, 0) is 58.0 Å². The lowest BCUT2D eigenvalue weighted by atomic mass is 9.97. The van der Waals surface area contributed by atoms with Gasteiger partial charge in [0, 0.05) is 30.1 Å². The van der Waals surface area contributed by atoms with E-state index in [0.717, 1.165) is 55.6 Å². The largest absolute Gasteiger partial charge is 0.372 e. The van der Waals surface area contributed by atoms with Crippen LogP contribution in [0.4, 0.5) is 11.5 Å². The summed E-state index contributed by atoms with van der Waals surface area (Å²) in [7, 11) is 0. The van der Waals surface area contributed by atoms with Gasteiger partial charge in [-0.1, -0.05) is 0 Å². The molecule has 0 bridgehead atoms. The van der Waals surface area contributed by atoms with Crippen LogP contribution in [0.15, 0.2) is 18.2 Å². The molecule has 1 aliphatic heterocycles. The van der Waals surface area contributed by atoms with Crippen molar-refractivity contribution in [2.45, 2.75) is 26.7 Å². The summed E-state index contributed by atoms with van der Waals surface area (Å²) in [5.74, 6) is 0.791. The van der Waals surface area contributed by atoms with Gasteiger partial charge in [-0.2, -0.15) is 5.10 Å². The van der Waals surface area contributed by atoms with Gasteiger partial charge in [0.25, 0.3) is 0 Å². The number of nitrogens with zero attached hydrogens (tertiary/aromatic N) is 2. The fourth-order valence-corrected chi connectivity index (χ4v) is 3.19. The number of carbonyl (C=O) groups excluding carboxylic acids is 1. The van der Waals surface area contributed by atoms with E-state index in [2.05, 4.69) is 51.7 Å². The summed E-state index contributed by atoms with van der Waals surface area (Å²) in [4.78, 5) is 14.7. The number of carbonyl (C=O) groups is 1. The molecule has 23 heavy (non-hydrogen) atoms. The standard InChI is InChI=1S/C17H25N5O/c1-3-22(4-2)13-5-6-15-14(11-13)16(21-20-15)19-17(23)12-7-9-18-10-8-12/h5-6,11-12,18H,3-4,7-10H2,1-2H3,(H2,19,20,21,23). The molecule has 3 rings (SSSR count). The second-order valence-electron chi connectivity index (χ2n) is 5.99. The van der Waals surface area contributed by atoms with Gasteiger partial charge < -0.3 is 15.5 Å². The van der Waals surface area contributed by atoms with Gasteiger partial charge in [0.1, 0.15) is 0 Å². The lowest BCUT2D eigenvalue weighted by Crippen LogP contribution is -2.34. The van der Waals surface area contributed by atoms with Crippen molar-refractivity contribution in [3.63, 3.8) is 0 Å². The Hall–Kier alpha value is -2.08. The van der Waals surface area contributed by atoms with Crippen LogP contribution < -0.4 is 15.5 Å². The summed E-state index contributed by atoms with van der Waals surface area (Å²) >= 11 is 0. The first-order valence-electron chi connectivity index (χ1n) is 8.47. The number of benzene rings is 1. The van der Waals surface area contributed by atoms with Gasteiger partial charge in [0.05, 0.1) is 5.52 Å². The van der Waals surface area contributed by atoms with Gasteiger partial charge in [0.15, 0.2) is 5.82 Å². The molecule has 2 aromatic rings. The number of piperidine rings is 1. The summed E-state index contributed by atoms with van der Waals surface area (Å²) in [6.07, 6.45) is 1.78. The molecule has 0 aliphatic carbocycles. The van der Waals surface area contributed by atoms with Crippen molar-refractivity contribution in [3.05, 3.63) is 18.2 Å². The summed E-state index contributed by atoms with van der Waals surface area (Å²) in [6.45, 7) is 8.01. The highest BCUT2D eigenvalue weighted by Gasteiger charge is 2.22. The molecular formula is C17H25N5O. The van der Waals surface area contributed by atoms with E-state index in [9.17, 15) is 4.79 Å². The predicted molar refractivity (Wildman–Crippen MR) is 93.9 cm³/mol. The van der Waals surface area contributed by atoms with E-state index in [1.54, 1.807) is 0 Å². The van der Waals surface area contributed by atoms with Crippen LogP contribution in [0.1, 0.15) is 26.7 Å². The quantitative estimate of drug-likeness (QED) is 0.792. The Morgan fingerprint density at radius 3 is 2.74 bits per heavy atom. The van der Waals surface area contributed by atoms with Crippen molar-refractivity contribution < 1.29 is 4.79 Å². The molecule has 1 amide bonds. The zero-order valence-corrected chi connectivity index (χ0v) is 13.9. The third-order valence-corrected chi connectivity index (χ3v) is 4.63. The normalized spacial score (nSPS) is 15.7. The van der Waals surface area contributed by atoms with E-state index in [4.69, 9.17) is 0 Å². The molecule has 0 unspecified atom stereocenters. The highest BCUT2D eigenvalue weighted by molar-refractivity contribution is 6.01. The first-order valence-corrected chi connectivity index (χ1v) is 8.47. The third kappa shape index (κ3) is 3.32. The summed E-state index contributed by atoms with van der Waals surface area (Å²) in [6, 6.07) is 6.21. The molecule has 6 heteroatoms. The summed E-state index contributed by atoms with van der Waals surface area (Å²) < 4.78 is 0. The van der Waals surface area contributed by atoms with Crippen LogP contribution in [-0.2, 0) is 4.79 Å². The van der Waals surface area contributed by atoms with Crippen molar-refractivity contribution in [2.24, 2.45) is 5.92 Å². The Morgan fingerprint density at radius 1 is 1.30 bits per heavy atom. The average molecular weight is 315 g/mol. The van der Waals surface area contributed by atoms with E-state index < -0.39 is 0 Å². The Morgan fingerprint density at radius 2 is 2.04 bits per heavy atom. The first-order chi connectivity index (χ1) is 11.2. The first kappa shape index (κ1) is 15.8. The molecule has 1 aromatic heterocycles. The Kier molecular flexibility index (Phi) is 4.81. The van der Waals surface area contributed by atoms with E-state index in [1.165, 1.54) is 0 Å². The van der Waals surface area contributed by atoms with Crippen molar-refractivity contribution in [2.75, 3.05) is 36.4 Å². The van der Waals surface area contributed by atoms with Crippen LogP contribution >= 0.6 is 0 Å². The highest BCUT2D eigenvalue weighted by atomic mass is 16.2. The van der Waals surface area contributed by atoms with Crippen LogP contribution in [0, 0.1) is 5.92 Å². The van der Waals surface area contributed by atoms with Crippen molar-refractivity contribution >= 4 is 28.3 Å². The fourth-order valence-electron chi connectivity index (χ4n) is 3.19. The molecule has 2 heterocycles. The number of hydrogen-bond donors (Lipinski definition) is 3. The summed E-state index contributed by atoms with van der Waals surface area (Å²) in [5.41, 5.74) is 2.10. The number of H-pyrrole nitrogens is 1. The van der Waals surface area contributed by atoms with Gasteiger partial charge in [0.2, 0.25) is 5.91 Å². The number of hydrogen-bond acceptors (Lipinski definition) is 4. The zero-order valence-electron chi connectivity index (χ0n) is 13.9. The molecule has 1 aromatic carbocycles.